The number of piperazine rings is 1. The van der Waals surface area contributed by atoms with Gasteiger partial charge in [-0.1, -0.05) is 0 Å². The first-order chi connectivity index (χ1) is 13.7. The van der Waals surface area contributed by atoms with Crippen molar-refractivity contribution in [2.45, 2.75) is 4.90 Å². The van der Waals surface area contributed by atoms with Crippen LogP contribution in [-0.2, 0) is 10.0 Å². The van der Waals surface area contributed by atoms with Crippen LogP contribution in [0, 0.1) is 10.1 Å². The minimum absolute atomic E-state index is 0.00923. The number of carbonyl (C=O) groups is 1. The third-order valence-corrected chi connectivity index (χ3v) is 6.56. The predicted molar refractivity (Wildman–Crippen MR) is 106 cm³/mol. The SMILES string of the molecule is CN(C)c1ncccc1C(=O)N1CCN(S(=O)(=O)c2ccc([N+](=O)[O-])cc2)CC1. The Hall–Kier alpha value is -3.05. The molecule has 0 atom stereocenters. The molecule has 0 bridgehead atoms. The lowest BCUT2D eigenvalue weighted by Gasteiger charge is -2.34. The van der Waals surface area contributed by atoms with E-state index in [4.69, 9.17) is 0 Å². The van der Waals surface area contributed by atoms with E-state index in [2.05, 4.69) is 4.98 Å². The minimum Gasteiger partial charge on any atom is -0.362 e. The maximum atomic E-state index is 12.9. The number of nitro groups is 1. The number of hydrogen-bond acceptors (Lipinski definition) is 7. The number of amides is 1. The molecule has 0 unspecified atom stereocenters. The molecule has 154 valence electrons. The summed E-state index contributed by atoms with van der Waals surface area (Å²) < 4.78 is 26.9. The van der Waals surface area contributed by atoms with Crippen LogP contribution in [0.25, 0.3) is 0 Å². The average Bonchev–Trinajstić information content (AvgIpc) is 2.73. The second kappa shape index (κ2) is 8.13. The zero-order valence-corrected chi connectivity index (χ0v) is 16.9. The number of sulfonamides is 1. The maximum Gasteiger partial charge on any atom is 0.269 e. The van der Waals surface area contributed by atoms with Crippen LogP contribution in [0.3, 0.4) is 0 Å². The van der Waals surface area contributed by atoms with Gasteiger partial charge in [0, 0.05) is 58.6 Å². The second-order valence-corrected chi connectivity index (χ2v) is 8.65. The number of pyridine rings is 1. The molecule has 1 aliphatic heterocycles. The van der Waals surface area contributed by atoms with Crippen molar-refractivity contribution < 1.29 is 18.1 Å². The van der Waals surface area contributed by atoms with Crippen molar-refractivity contribution in [3.8, 4) is 0 Å². The highest BCUT2D eigenvalue weighted by Gasteiger charge is 2.31. The largest absolute Gasteiger partial charge is 0.362 e. The molecule has 2 heterocycles. The van der Waals surface area contributed by atoms with Gasteiger partial charge < -0.3 is 9.80 Å². The molecule has 0 saturated carbocycles. The van der Waals surface area contributed by atoms with Gasteiger partial charge in [0.15, 0.2) is 0 Å². The highest BCUT2D eigenvalue weighted by atomic mass is 32.2. The van der Waals surface area contributed by atoms with E-state index in [0.29, 0.717) is 11.4 Å². The van der Waals surface area contributed by atoms with Crippen LogP contribution in [0.1, 0.15) is 10.4 Å². The summed E-state index contributed by atoms with van der Waals surface area (Å²) in [7, 11) is -0.189. The Morgan fingerprint density at radius 3 is 2.28 bits per heavy atom. The van der Waals surface area contributed by atoms with Crippen LogP contribution in [0.5, 0.6) is 0 Å². The van der Waals surface area contributed by atoms with E-state index in [1.54, 1.807) is 42.2 Å². The summed E-state index contributed by atoms with van der Waals surface area (Å²) in [4.78, 5) is 30.6. The zero-order chi connectivity index (χ0) is 21.2. The van der Waals surface area contributed by atoms with Gasteiger partial charge in [-0.15, -0.1) is 0 Å². The Morgan fingerprint density at radius 1 is 1.10 bits per heavy atom. The summed E-state index contributed by atoms with van der Waals surface area (Å²) in [6.45, 7) is 0.769. The van der Waals surface area contributed by atoms with E-state index >= 15 is 0 Å². The van der Waals surface area contributed by atoms with Gasteiger partial charge in [0.1, 0.15) is 5.82 Å². The van der Waals surface area contributed by atoms with E-state index in [-0.39, 0.29) is 42.7 Å². The van der Waals surface area contributed by atoms with Crippen LogP contribution in [0.15, 0.2) is 47.5 Å². The number of rotatable bonds is 5. The first-order valence-corrected chi connectivity index (χ1v) is 10.3. The van der Waals surface area contributed by atoms with Crippen molar-refractivity contribution in [3.63, 3.8) is 0 Å². The van der Waals surface area contributed by atoms with Gasteiger partial charge in [0.2, 0.25) is 10.0 Å². The summed E-state index contributed by atoms with van der Waals surface area (Å²) in [5, 5.41) is 10.7. The third-order valence-electron chi connectivity index (χ3n) is 4.65. The Balaban J connectivity index is 1.71. The smallest absolute Gasteiger partial charge is 0.269 e. The molecular weight excluding hydrogens is 398 g/mol. The van der Waals surface area contributed by atoms with E-state index in [9.17, 15) is 23.3 Å². The molecule has 1 aliphatic rings. The van der Waals surface area contributed by atoms with Gasteiger partial charge in [-0.25, -0.2) is 13.4 Å². The van der Waals surface area contributed by atoms with Gasteiger partial charge in [-0.3, -0.25) is 14.9 Å². The monoisotopic (exact) mass is 419 g/mol. The molecule has 11 heteroatoms. The van der Waals surface area contributed by atoms with Crippen LogP contribution in [-0.4, -0.2) is 73.7 Å². The van der Waals surface area contributed by atoms with Gasteiger partial charge in [-0.05, 0) is 24.3 Å². The van der Waals surface area contributed by atoms with Crippen molar-refractivity contribution in [2.75, 3.05) is 45.2 Å². The van der Waals surface area contributed by atoms with Gasteiger partial charge in [0.05, 0.1) is 15.4 Å². The van der Waals surface area contributed by atoms with Crippen LogP contribution >= 0.6 is 0 Å². The number of anilines is 1. The normalized spacial score (nSPS) is 15.2. The fourth-order valence-electron chi connectivity index (χ4n) is 3.11. The number of hydrogen-bond donors (Lipinski definition) is 0. The topological polar surface area (TPSA) is 117 Å². The molecule has 0 radical (unpaired) electrons. The Morgan fingerprint density at radius 2 is 1.72 bits per heavy atom. The minimum atomic E-state index is -3.79. The summed E-state index contributed by atoms with van der Waals surface area (Å²) in [6.07, 6.45) is 1.61. The lowest BCUT2D eigenvalue weighted by atomic mass is 10.2. The van der Waals surface area contributed by atoms with E-state index in [1.807, 2.05) is 0 Å². The van der Waals surface area contributed by atoms with Crippen molar-refractivity contribution in [2.24, 2.45) is 0 Å². The highest BCUT2D eigenvalue weighted by molar-refractivity contribution is 7.89. The van der Waals surface area contributed by atoms with E-state index in [0.717, 1.165) is 12.1 Å². The Kier molecular flexibility index (Phi) is 5.80. The molecule has 2 aromatic rings. The molecule has 3 rings (SSSR count). The zero-order valence-electron chi connectivity index (χ0n) is 16.1. The first-order valence-electron chi connectivity index (χ1n) is 8.88. The quantitative estimate of drug-likeness (QED) is 0.528. The number of non-ortho nitro benzene ring substituents is 1. The van der Waals surface area contributed by atoms with Crippen LogP contribution in [0.4, 0.5) is 11.5 Å². The van der Waals surface area contributed by atoms with Gasteiger partial charge in [0.25, 0.3) is 11.6 Å². The van der Waals surface area contributed by atoms with Crippen molar-refractivity contribution in [1.29, 1.82) is 0 Å². The number of carbonyl (C=O) groups excluding carboxylic acids is 1. The fraction of sp³-hybridized carbons (Fsp3) is 0.333. The lowest BCUT2D eigenvalue weighted by Crippen LogP contribution is -2.50. The molecule has 0 spiro atoms. The molecule has 0 N–H and O–H groups in total. The molecule has 1 fully saturated rings. The van der Waals surface area contributed by atoms with Crippen molar-refractivity contribution in [1.82, 2.24) is 14.2 Å². The number of nitrogens with zero attached hydrogens (tertiary/aromatic N) is 5. The number of benzene rings is 1. The Labute approximate surface area is 168 Å². The first kappa shape index (κ1) is 20.7. The molecule has 10 nitrogen and oxygen atoms in total. The lowest BCUT2D eigenvalue weighted by molar-refractivity contribution is -0.384. The predicted octanol–water partition coefficient (Wildman–Crippen LogP) is 1.20. The molecule has 0 aliphatic carbocycles. The summed E-state index contributed by atoms with van der Waals surface area (Å²) in [5.74, 6) is 0.354. The molecule has 29 heavy (non-hydrogen) atoms. The number of aromatic nitrogens is 1. The standard InChI is InChI=1S/C18H21N5O5S/c1-20(2)17-16(4-3-9-19-17)18(24)21-10-12-22(13-11-21)29(27,28)15-7-5-14(6-8-15)23(25)26/h3-9H,10-13H2,1-2H3. The average molecular weight is 419 g/mol. The highest BCUT2D eigenvalue weighted by Crippen LogP contribution is 2.22. The third kappa shape index (κ3) is 4.20. The summed E-state index contributed by atoms with van der Waals surface area (Å²) in [6, 6.07) is 8.17. The van der Waals surface area contributed by atoms with Crippen LogP contribution in [0.2, 0.25) is 0 Å². The molecule has 1 amide bonds. The number of nitro benzene ring substituents is 1. The van der Waals surface area contributed by atoms with Crippen molar-refractivity contribution >= 4 is 27.4 Å². The Bertz CT molecular complexity index is 1020. The van der Waals surface area contributed by atoms with Crippen molar-refractivity contribution in [3.05, 3.63) is 58.3 Å². The summed E-state index contributed by atoms with van der Waals surface area (Å²) >= 11 is 0. The molecule has 1 aromatic carbocycles. The van der Waals surface area contributed by atoms with Crippen LogP contribution < -0.4 is 4.90 Å². The van der Waals surface area contributed by atoms with Gasteiger partial charge >= 0.3 is 0 Å². The second-order valence-electron chi connectivity index (χ2n) is 6.72. The molecule has 1 saturated heterocycles. The van der Waals surface area contributed by atoms with Gasteiger partial charge in [-0.2, -0.15) is 4.31 Å². The summed E-state index contributed by atoms with van der Waals surface area (Å²) in [5.41, 5.74) is 0.289. The fourth-order valence-corrected chi connectivity index (χ4v) is 4.53. The van der Waals surface area contributed by atoms with E-state index in [1.165, 1.54) is 16.4 Å². The van der Waals surface area contributed by atoms with E-state index < -0.39 is 14.9 Å². The molecule has 1 aromatic heterocycles. The maximum absolute atomic E-state index is 12.9. The molecular formula is C18H21N5O5S.